The molecule has 0 N–H and O–H groups in total. The summed E-state index contributed by atoms with van der Waals surface area (Å²) in [5, 5.41) is 0. The van der Waals surface area contributed by atoms with Crippen molar-refractivity contribution in [3.05, 3.63) is 54.4 Å². The van der Waals surface area contributed by atoms with E-state index in [1.165, 1.54) is 5.52 Å². The number of oxazole rings is 1. The largest absolute Gasteiger partial charge is 0.423 e. The quantitative estimate of drug-likeness (QED) is 0.568. The second-order valence-corrected chi connectivity index (χ2v) is 6.04. The van der Waals surface area contributed by atoms with Crippen LogP contribution in [0.5, 0.6) is 0 Å². The van der Waals surface area contributed by atoms with Gasteiger partial charge in [-0.3, -0.25) is 0 Å². The summed E-state index contributed by atoms with van der Waals surface area (Å²) in [6.07, 6.45) is 0. The Kier molecular flexibility index (Phi) is 2.53. The molecule has 0 saturated carbocycles. The number of anilines is 1. The summed E-state index contributed by atoms with van der Waals surface area (Å²) in [6.45, 7) is 3.87. The molecule has 4 aromatic rings. The summed E-state index contributed by atoms with van der Waals surface area (Å²) >= 11 is 0. The van der Waals surface area contributed by atoms with Gasteiger partial charge in [-0.2, -0.15) is 4.98 Å². The summed E-state index contributed by atoms with van der Waals surface area (Å²) in [6, 6.07) is 17.3. The highest BCUT2D eigenvalue weighted by Gasteiger charge is 2.33. The van der Waals surface area contributed by atoms with Crippen LogP contribution in [0.25, 0.3) is 22.1 Å². The van der Waals surface area contributed by atoms with E-state index < -0.39 is 0 Å². The molecule has 23 heavy (non-hydrogen) atoms. The fourth-order valence-corrected chi connectivity index (χ4v) is 3.40. The molecule has 1 saturated heterocycles. The van der Waals surface area contributed by atoms with Crippen molar-refractivity contribution in [2.45, 2.75) is 13.0 Å². The van der Waals surface area contributed by atoms with Crippen LogP contribution in [0.4, 0.5) is 6.01 Å². The van der Waals surface area contributed by atoms with Gasteiger partial charge >= 0.3 is 0 Å². The van der Waals surface area contributed by atoms with Crippen LogP contribution < -0.4 is 4.90 Å². The van der Waals surface area contributed by atoms with Crippen LogP contribution in [-0.2, 0) is 0 Å². The molecule has 2 aromatic carbocycles. The van der Waals surface area contributed by atoms with Gasteiger partial charge in [-0.25, -0.2) is 4.98 Å². The van der Waals surface area contributed by atoms with Gasteiger partial charge in [0.15, 0.2) is 5.58 Å². The predicted molar refractivity (Wildman–Crippen MR) is 89.7 cm³/mol. The lowest BCUT2D eigenvalue weighted by Gasteiger charge is -2.39. The smallest absolute Gasteiger partial charge is 0.298 e. The Bertz CT molecular complexity index is 977. The zero-order valence-corrected chi connectivity index (χ0v) is 12.8. The molecule has 0 spiro atoms. The van der Waals surface area contributed by atoms with Crippen LogP contribution in [0.2, 0.25) is 0 Å². The molecule has 5 rings (SSSR count). The maximum absolute atomic E-state index is 5.85. The van der Waals surface area contributed by atoms with Gasteiger partial charge in [0.2, 0.25) is 0 Å². The van der Waals surface area contributed by atoms with Crippen molar-refractivity contribution >= 4 is 28.1 Å². The first-order valence-corrected chi connectivity index (χ1v) is 7.84. The molecule has 0 unspecified atom stereocenters. The van der Waals surface area contributed by atoms with Gasteiger partial charge in [0, 0.05) is 13.1 Å². The normalized spacial score (nSPS) is 15.4. The summed E-state index contributed by atoms with van der Waals surface area (Å²) in [5.41, 5.74) is 4.02. The Hall–Kier alpha value is -2.82. The van der Waals surface area contributed by atoms with E-state index in [9.17, 15) is 0 Å². The molecule has 114 valence electrons. The average Bonchev–Trinajstić information content (AvgIpc) is 3.07. The van der Waals surface area contributed by atoms with Crippen molar-refractivity contribution in [1.29, 1.82) is 0 Å². The minimum absolute atomic E-state index is 0.414. The Morgan fingerprint density at radius 3 is 2.52 bits per heavy atom. The lowest BCUT2D eigenvalue weighted by atomic mass is 10.1. The number of rotatable bonds is 2. The van der Waals surface area contributed by atoms with Gasteiger partial charge in [0.1, 0.15) is 11.3 Å². The van der Waals surface area contributed by atoms with Gasteiger partial charge < -0.3 is 13.9 Å². The fraction of sp³-hybridized carbons (Fsp3) is 0.222. The zero-order valence-electron chi connectivity index (χ0n) is 12.8. The zero-order chi connectivity index (χ0) is 15.4. The van der Waals surface area contributed by atoms with Crippen molar-refractivity contribution in [2.24, 2.45) is 0 Å². The van der Waals surface area contributed by atoms with E-state index in [0.717, 1.165) is 35.5 Å². The van der Waals surface area contributed by atoms with E-state index in [-0.39, 0.29) is 0 Å². The lowest BCUT2D eigenvalue weighted by molar-refractivity contribution is 0.375. The minimum atomic E-state index is 0.414. The molecule has 5 nitrogen and oxygen atoms in total. The van der Waals surface area contributed by atoms with Crippen LogP contribution in [0.3, 0.4) is 0 Å². The van der Waals surface area contributed by atoms with E-state index in [0.29, 0.717) is 12.1 Å². The molecule has 2 aromatic heterocycles. The average molecular weight is 304 g/mol. The molecular weight excluding hydrogens is 288 g/mol. The monoisotopic (exact) mass is 304 g/mol. The number of hydrogen-bond donors (Lipinski definition) is 0. The number of aromatic nitrogens is 3. The maximum Gasteiger partial charge on any atom is 0.298 e. The van der Waals surface area contributed by atoms with E-state index in [1.807, 2.05) is 30.3 Å². The van der Waals surface area contributed by atoms with Crippen molar-refractivity contribution in [3.8, 4) is 0 Å². The highest BCUT2D eigenvalue weighted by atomic mass is 16.4. The Balaban J connectivity index is 1.44. The third-order valence-corrected chi connectivity index (χ3v) is 4.55. The summed E-state index contributed by atoms with van der Waals surface area (Å²) in [4.78, 5) is 11.4. The fourth-order valence-electron chi connectivity index (χ4n) is 3.40. The third-order valence-electron chi connectivity index (χ3n) is 4.55. The van der Waals surface area contributed by atoms with Gasteiger partial charge in [0.05, 0.1) is 17.1 Å². The van der Waals surface area contributed by atoms with Crippen LogP contribution in [0, 0.1) is 6.92 Å². The molecule has 0 bridgehead atoms. The highest BCUT2D eigenvalue weighted by molar-refractivity contribution is 5.76. The lowest BCUT2D eigenvalue weighted by Crippen LogP contribution is -2.48. The van der Waals surface area contributed by atoms with Crippen LogP contribution in [0.1, 0.15) is 11.9 Å². The van der Waals surface area contributed by atoms with Crippen LogP contribution in [0.15, 0.2) is 52.9 Å². The Morgan fingerprint density at radius 2 is 1.70 bits per heavy atom. The van der Waals surface area contributed by atoms with Crippen molar-refractivity contribution in [2.75, 3.05) is 18.0 Å². The molecule has 0 atom stereocenters. The SMILES string of the molecule is Cc1nc2ccccc2n1C1CN(c2nc3ccccc3o2)C1. The number of nitrogens with zero attached hydrogens (tertiary/aromatic N) is 4. The molecule has 0 amide bonds. The number of para-hydroxylation sites is 4. The molecular formula is C18H16N4O. The van der Waals surface area contributed by atoms with Gasteiger partial charge in [-0.05, 0) is 31.2 Å². The van der Waals surface area contributed by atoms with Gasteiger partial charge in [-0.15, -0.1) is 0 Å². The Morgan fingerprint density at radius 1 is 0.957 bits per heavy atom. The molecule has 1 fully saturated rings. The third kappa shape index (κ3) is 1.86. The minimum Gasteiger partial charge on any atom is -0.423 e. The topological polar surface area (TPSA) is 47.1 Å². The number of fused-ring (bicyclic) bond motifs is 2. The number of imidazole rings is 1. The van der Waals surface area contributed by atoms with Gasteiger partial charge in [0.25, 0.3) is 6.01 Å². The van der Waals surface area contributed by atoms with Crippen molar-refractivity contribution < 1.29 is 4.42 Å². The number of aryl methyl sites for hydroxylation is 1. The van der Waals surface area contributed by atoms with E-state index >= 15 is 0 Å². The molecule has 5 heteroatoms. The number of hydrogen-bond acceptors (Lipinski definition) is 4. The second kappa shape index (κ2) is 4.59. The van der Waals surface area contributed by atoms with Crippen molar-refractivity contribution in [3.63, 3.8) is 0 Å². The first-order valence-electron chi connectivity index (χ1n) is 7.84. The second-order valence-electron chi connectivity index (χ2n) is 6.04. The van der Waals surface area contributed by atoms with E-state index in [4.69, 9.17) is 4.42 Å². The van der Waals surface area contributed by atoms with E-state index in [1.54, 1.807) is 0 Å². The van der Waals surface area contributed by atoms with Crippen molar-refractivity contribution in [1.82, 2.24) is 14.5 Å². The Labute approximate surface area is 133 Å². The van der Waals surface area contributed by atoms with Crippen LogP contribution in [-0.4, -0.2) is 27.6 Å². The summed E-state index contributed by atoms with van der Waals surface area (Å²) < 4.78 is 8.17. The highest BCUT2D eigenvalue weighted by Crippen LogP contribution is 2.32. The summed E-state index contributed by atoms with van der Waals surface area (Å²) in [5.74, 6) is 1.06. The standard InChI is InChI=1S/C18H16N4O/c1-12-19-14-6-2-4-8-16(14)22(12)13-10-21(11-13)18-20-15-7-3-5-9-17(15)23-18/h2-9,13H,10-11H2,1H3. The summed E-state index contributed by atoms with van der Waals surface area (Å²) in [7, 11) is 0. The predicted octanol–water partition coefficient (Wildman–Crippen LogP) is 3.55. The molecule has 1 aliphatic heterocycles. The first kappa shape index (κ1) is 12.7. The first-order chi connectivity index (χ1) is 11.3. The molecule has 0 radical (unpaired) electrons. The van der Waals surface area contributed by atoms with Crippen LogP contribution >= 0.6 is 0 Å². The molecule has 1 aliphatic rings. The number of benzene rings is 2. The van der Waals surface area contributed by atoms with Gasteiger partial charge in [-0.1, -0.05) is 24.3 Å². The van der Waals surface area contributed by atoms with E-state index in [2.05, 4.69) is 44.6 Å². The molecule has 3 heterocycles. The molecule has 0 aliphatic carbocycles. The maximum atomic E-state index is 5.85.